The highest BCUT2D eigenvalue weighted by Crippen LogP contribution is 2.24. The fraction of sp³-hybridized carbons (Fsp3) is 0.724. The van der Waals surface area contributed by atoms with E-state index >= 15 is 0 Å². The molecule has 10 atom stereocenters. The summed E-state index contributed by atoms with van der Waals surface area (Å²) in [6, 6.07) is -6.43. The van der Waals surface area contributed by atoms with Crippen LogP contribution in [0.15, 0.2) is 0 Å². The Hall–Kier alpha value is -4.48. The van der Waals surface area contributed by atoms with Crippen LogP contribution in [0, 0.1) is 0 Å². The molecule has 0 aromatic carbocycles. The molecule has 0 bridgehead atoms. The van der Waals surface area contributed by atoms with Crippen molar-refractivity contribution in [3.8, 4) is 0 Å². The molecule has 0 saturated carbocycles. The molecule has 0 aliphatic carbocycles. The Labute approximate surface area is 292 Å². The number of nitrogens with one attached hydrogen (secondary N) is 5. The molecule has 1 fully saturated rings. The van der Waals surface area contributed by atoms with Gasteiger partial charge in [-0.15, -0.1) is 0 Å². The fourth-order valence-corrected chi connectivity index (χ4v) is 4.84. The second kappa shape index (κ2) is 21.7. The number of amides is 7. The van der Waals surface area contributed by atoms with Gasteiger partial charge in [0.15, 0.2) is 6.29 Å². The Morgan fingerprint density at radius 1 is 0.882 bits per heavy atom. The van der Waals surface area contributed by atoms with E-state index in [-0.39, 0.29) is 32.2 Å². The number of hydrogen-bond acceptors (Lipinski definition) is 14. The molecule has 1 saturated heterocycles. The first-order valence-corrected chi connectivity index (χ1v) is 16.1. The lowest BCUT2D eigenvalue weighted by atomic mass is 9.96. The van der Waals surface area contributed by atoms with E-state index in [0.717, 1.165) is 6.92 Å². The van der Waals surface area contributed by atoms with E-state index in [2.05, 4.69) is 26.6 Å². The first-order chi connectivity index (χ1) is 23.8. The predicted octanol–water partition coefficient (Wildman–Crippen LogP) is -6.35. The predicted molar refractivity (Wildman–Crippen MR) is 172 cm³/mol. The molecule has 7 amide bonds. The molecular formula is C29H50N8O14. The van der Waals surface area contributed by atoms with Crippen molar-refractivity contribution in [2.75, 3.05) is 13.2 Å². The summed E-state index contributed by atoms with van der Waals surface area (Å²) >= 11 is 0. The Morgan fingerprint density at radius 2 is 1.53 bits per heavy atom. The van der Waals surface area contributed by atoms with E-state index in [9.17, 15) is 58.8 Å². The molecule has 1 heterocycles. The molecule has 1 aliphatic rings. The minimum Gasteiger partial charge on any atom is -0.480 e. The standard InChI is InChI=1S/C29H50N8O14/c1-12(34-26(45)13(2)50-23-21(35-14(3)39)29(49)51-18(11-38)22(23)42)25(44)37-16(24(32)43)7-8-20(41)36-17(28(47)48)6-4-5-9-33-27(46)15(30)10-19(31)40/h12-13,15-18,21-23,29,38,42,49H,4-11,30H2,1-3H3,(H2,31,40)(H2,32,43)(H,33,46)(H,34,45)(H,35,39)(H,36,41)(H,37,44)(H,47,48)/t12-,13+,15+,16+,17-,18+,21+,22+,23+,29-/m0/s1. The van der Waals surface area contributed by atoms with Gasteiger partial charge in [0.25, 0.3) is 0 Å². The van der Waals surface area contributed by atoms with Crippen LogP contribution in [0.2, 0.25) is 0 Å². The number of nitrogens with two attached hydrogens (primary N) is 3. The number of rotatable bonds is 22. The maximum absolute atomic E-state index is 12.8. The molecule has 51 heavy (non-hydrogen) atoms. The van der Waals surface area contributed by atoms with Crippen molar-refractivity contribution in [2.24, 2.45) is 17.2 Å². The van der Waals surface area contributed by atoms with Crippen LogP contribution in [0.25, 0.3) is 0 Å². The van der Waals surface area contributed by atoms with Gasteiger partial charge in [-0.05, 0) is 39.5 Å². The van der Waals surface area contributed by atoms with E-state index in [0.29, 0.717) is 6.42 Å². The van der Waals surface area contributed by atoms with Gasteiger partial charge in [-0.1, -0.05) is 0 Å². The SMILES string of the molecule is CC(=O)N[C@@H]1[C@@H](O[C@H](C)C(=O)N[C@@H](C)C(=O)N[C@H](CCC(=O)N[C@@H](CCCCNC(=O)[C@H](N)CC(N)=O)C(=O)O)C(N)=O)[C@H](O)[C@@H](CO)O[C@@H]1O. The van der Waals surface area contributed by atoms with Crippen molar-refractivity contribution in [1.29, 1.82) is 0 Å². The van der Waals surface area contributed by atoms with Crippen LogP contribution in [0.3, 0.4) is 0 Å². The third kappa shape index (κ3) is 15.5. The molecule has 0 aromatic heterocycles. The largest absolute Gasteiger partial charge is 0.480 e. The highest BCUT2D eigenvalue weighted by molar-refractivity contribution is 5.92. The summed E-state index contributed by atoms with van der Waals surface area (Å²) < 4.78 is 10.7. The number of carbonyl (C=O) groups is 8. The topological polar surface area (TPSA) is 374 Å². The summed E-state index contributed by atoms with van der Waals surface area (Å²) in [7, 11) is 0. The van der Waals surface area contributed by atoms with Crippen molar-refractivity contribution in [1.82, 2.24) is 26.6 Å². The second-order valence-corrected chi connectivity index (χ2v) is 12.0. The zero-order valence-corrected chi connectivity index (χ0v) is 28.5. The van der Waals surface area contributed by atoms with Crippen LogP contribution in [0.4, 0.5) is 0 Å². The van der Waals surface area contributed by atoms with Gasteiger partial charge in [-0.3, -0.25) is 33.6 Å². The number of aliphatic carboxylic acids is 1. The summed E-state index contributed by atoms with van der Waals surface area (Å²) in [5.41, 5.74) is 15.9. The first-order valence-electron chi connectivity index (χ1n) is 16.1. The van der Waals surface area contributed by atoms with Gasteiger partial charge in [0.2, 0.25) is 41.4 Å². The van der Waals surface area contributed by atoms with Gasteiger partial charge in [-0.2, -0.15) is 0 Å². The fourth-order valence-electron chi connectivity index (χ4n) is 4.84. The number of aliphatic hydroxyl groups excluding tert-OH is 3. The number of unbranched alkanes of at least 4 members (excludes halogenated alkanes) is 1. The van der Waals surface area contributed by atoms with Crippen molar-refractivity contribution in [3.63, 3.8) is 0 Å². The maximum Gasteiger partial charge on any atom is 0.326 e. The molecule has 0 radical (unpaired) electrons. The van der Waals surface area contributed by atoms with E-state index < -0.39 is 121 Å². The molecule has 0 aromatic rings. The zero-order valence-electron chi connectivity index (χ0n) is 28.5. The number of carboxylic acid groups (broad SMARTS) is 1. The number of carbonyl (C=O) groups excluding carboxylic acids is 7. The van der Waals surface area contributed by atoms with Crippen LogP contribution in [-0.4, -0.2) is 142 Å². The van der Waals surface area contributed by atoms with Crippen LogP contribution in [0.1, 0.15) is 59.3 Å². The number of aliphatic hydroxyl groups is 3. The number of ether oxygens (including phenoxy) is 2. The van der Waals surface area contributed by atoms with Gasteiger partial charge in [0.1, 0.15) is 48.6 Å². The third-order valence-corrected chi connectivity index (χ3v) is 7.66. The molecule has 22 heteroatoms. The third-order valence-electron chi connectivity index (χ3n) is 7.66. The first kappa shape index (κ1) is 44.5. The average molecular weight is 735 g/mol. The zero-order chi connectivity index (χ0) is 39.0. The highest BCUT2D eigenvalue weighted by atomic mass is 16.6. The molecule has 0 spiro atoms. The lowest BCUT2D eigenvalue weighted by molar-refractivity contribution is -0.266. The van der Waals surface area contributed by atoms with E-state index in [1.54, 1.807) is 0 Å². The summed E-state index contributed by atoms with van der Waals surface area (Å²) in [6.07, 6.45) is -7.87. The van der Waals surface area contributed by atoms with E-state index in [1.807, 2.05) is 0 Å². The van der Waals surface area contributed by atoms with Crippen LogP contribution in [0.5, 0.6) is 0 Å². The highest BCUT2D eigenvalue weighted by Gasteiger charge is 2.47. The summed E-state index contributed by atoms with van der Waals surface area (Å²) in [5.74, 6) is -6.83. The molecule has 1 aliphatic heterocycles. The van der Waals surface area contributed by atoms with Crippen molar-refractivity contribution >= 4 is 47.3 Å². The molecule has 290 valence electrons. The Kier molecular flexibility index (Phi) is 18.9. The second-order valence-electron chi connectivity index (χ2n) is 12.0. The lowest BCUT2D eigenvalue weighted by Gasteiger charge is -2.43. The minimum absolute atomic E-state index is 0.0103. The van der Waals surface area contributed by atoms with Crippen molar-refractivity contribution < 1.29 is 68.3 Å². The summed E-state index contributed by atoms with van der Waals surface area (Å²) in [5, 5.41) is 51.5. The monoisotopic (exact) mass is 734 g/mol. The van der Waals surface area contributed by atoms with Crippen LogP contribution < -0.4 is 43.8 Å². The summed E-state index contributed by atoms with van der Waals surface area (Å²) in [4.78, 5) is 96.1. The van der Waals surface area contributed by atoms with Gasteiger partial charge in [0.05, 0.1) is 19.1 Å². The van der Waals surface area contributed by atoms with Crippen molar-refractivity contribution in [3.05, 3.63) is 0 Å². The van der Waals surface area contributed by atoms with Gasteiger partial charge >= 0.3 is 5.97 Å². The Bertz CT molecular complexity index is 1260. The van der Waals surface area contributed by atoms with Gasteiger partial charge in [0, 0.05) is 19.9 Å². The minimum atomic E-state index is -1.70. The van der Waals surface area contributed by atoms with Crippen LogP contribution >= 0.6 is 0 Å². The number of primary amides is 2. The normalized spacial score (nSPS) is 22.9. The van der Waals surface area contributed by atoms with E-state index in [1.165, 1.54) is 13.8 Å². The molecule has 15 N–H and O–H groups in total. The molecular weight excluding hydrogens is 684 g/mol. The molecule has 0 unspecified atom stereocenters. The maximum atomic E-state index is 12.8. The Balaban J connectivity index is 2.65. The van der Waals surface area contributed by atoms with E-state index in [4.69, 9.17) is 26.7 Å². The Morgan fingerprint density at radius 3 is 2.08 bits per heavy atom. The quantitative estimate of drug-likeness (QED) is 0.0460. The van der Waals surface area contributed by atoms with Crippen LogP contribution in [-0.2, 0) is 47.8 Å². The van der Waals surface area contributed by atoms with Crippen molar-refractivity contribution in [2.45, 2.75) is 120 Å². The van der Waals surface area contributed by atoms with Gasteiger partial charge < -0.3 is 73.7 Å². The summed E-state index contributed by atoms with van der Waals surface area (Å²) in [6.45, 7) is 3.06. The number of carboxylic acids is 1. The smallest absolute Gasteiger partial charge is 0.326 e. The molecule has 1 rings (SSSR count). The molecule has 22 nitrogen and oxygen atoms in total. The lowest BCUT2D eigenvalue weighted by Crippen LogP contribution is -2.65. The van der Waals surface area contributed by atoms with Gasteiger partial charge in [-0.25, -0.2) is 4.79 Å². The average Bonchev–Trinajstić information content (AvgIpc) is 3.04. The number of hydrogen-bond donors (Lipinski definition) is 12.